The predicted octanol–water partition coefficient (Wildman–Crippen LogP) is 1.33. The highest BCUT2D eigenvalue weighted by Gasteiger charge is 2.26. The number of terminal acetylenes is 1. The van der Waals surface area contributed by atoms with E-state index in [2.05, 4.69) is 36.9 Å². The van der Waals surface area contributed by atoms with Crippen molar-refractivity contribution in [1.82, 2.24) is 10.2 Å². The number of hydrogen-bond donors (Lipinski definition) is 1. The van der Waals surface area contributed by atoms with Gasteiger partial charge in [-0.3, -0.25) is 4.90 Å². The van der Waals surface area contributed by atoms with Crippen molar-refractivity contribution in [2.45, 2.75) is 39.3 Å². The van der Waals surface area contributed by atoms with E-state index in [1.807, 2.05) is 0 Å². The van der Waals surface area contributed by atoms with E-state index >= 15 is 0 Å². The van der Waals surface area contributed by atoms with Crippen LogP contribution >= 0.6 is 0 Å². The maximum Gasteiger partial charge on any atom is 0.0602 e. The Bertz CT molecular complexity index is 207. The van der Waals surface area contributed by atoms with Gasteiger partial charge in [0.1, 0.15) is 0 Å². The Labute approximate surface area is 88.1 Å². The summed E-state index contributed by atoms with van der Waals surface area (Å²) in [5, 5.41) is 3.60. The molecule has 0 aromatic rings. The minimum Gasteiger partial charge on any atom is -0.311 e. The quantitative estimate of drug-likeness (QED) is 0.682. The zero-order valence-electron chi connectivity index (χ0n) is 9.59. The summed E-state index contributed by atoms with van der Waals surface area (Å²) in [6, 6.07) is 1.19. The van der Waals surface area contributed by atoms with Gasteiger partial charge in [0.2, 0.25) is 0 Å². The van der Waals surface area contributed by atoms with Crippen LogP contribution in [-0.4, -0.2) is 36.6 Å². The summed E-state index contributed by atoms with van der Waals surface area (Å²) >= 11 is 0. The number of nitrogens with one attached hydrogen (secondary N) is 1. The molecule has 3 atom stereocenters. The molecule has 3 unspecified atom stereocenters. The highest BCUT2D eigenvalue weighted by molar-refractivity contribution is 4.94. The van der Waals surface area contributed by atoms with Crippen molar-refractivity contribution in [1.29, 1.82) is 0 Å². The lowest BCUT2D eigenvalue weighted by molar-refractivity contribution is 0.134. The van der Waals surface area contributed by atoms with Crippen molar-refractivity contribution in [2.75, 3.05) is 19.6 Å². The van der Waals surface area contributed by atoms with Gasteiger partial charge in [-0.2, -0.15) is 0 Å². The molecule has 1 N–H and O–H groups in total. The highest BCUT2D eigenvalue weighted by atomic mass is 15.2. The maximum atomic E-state index is 5.36. The van der Waals surface area contributed by atoms with Gasteiger partial charge in [0.15, 0.2) is 0 Å². The monoisotopic (exact) mass is 194 g/mol. The molecule has 1 saturated heterocycles. The topological polar surface area (TPSA) is 15.3 Å². The van der Waals surface area contributed by atoms with Crippen LogP contribution in [0.1, 0.15) is 27.2 Å². The van der Waals surface area contributed by atoms with Crippen LogP contribution in [0.15, 0.2) is 0 Å². The maximum absolute atomic E-state index is 5.36. The highest BCUT2D eigenvalue weighted by Crippen LogP contribution is 2.14. The van der Waals surface area contributed by atoms with Crippen LogP contribution in [0.2, 0.25) is 0 Å². The second-order valence-electron chi connectivity index (χ2n) is 4.38. The van der Waals surface area contributed by atoms with Gasteiger partial charge in [-0.15, -0.1) is 6.42 Å². The predicted molar refractivity (Wildman–Crippen MR) is 61.1 cm³/mol. The molecule has 1 heterocycles. The molecule has 2 heteroatoms. The Morgan fingerprint density at radius 1 is 1.64 bits per heavy atom. The molecule has 80 valence electrons. The molecule has 14 heavy (non-hydrogen) atoms. The third-order valence-corrected chi connectivity index (χ3v) is 3.36. The number of piperazine rings is 1. The normalized spacial score (nSPS) is 31.0. The Balaban J connectivity index is 2.49. The van der Waals surface area contributed by atoms with Crippen LogP contribution in [0.25, 0.3) is 0 Å². The smallest absolute Gasteiger partial charge is 0.0602 e. The van der Waals surface area contributed by atoms with E-state index in [0.29, 0.717) is 12.1 Å². The first kappa shape index (κ1) is 11.6. The summed E-state index contributed by atoms with van der Waals surface area (Å²) in [5.41, 5.74) is 0. The number of hydrogen-bond acceptors (Lipinski definition) is 2. The van der Waals surface area contributed by atoms with Crippen molar-refractivity contribution in [3.8, 4) is 12.3 Å². The van der Waals surface area contributed by atoms with Crippen LogP contribution in [0, 0.1) is 18.3 Å². The minimum absolute atomic E-state index is 0.575. The average molecular weight is 194 g/mol. The van der Waals surface area contributed by atoms with E-state index in [-0.39, 0.29) is 0 Å². The van der Waals surface area contributed by atoms with E-state index in [1.165, 1.54) is 6.42 Å². The molecule has 0 spiro atoms. The fourth-order valence-electron chi connectivity index (χ4n) is 1.95. The summed E-state index contributed by atoms with van der Waals surface area (Å²) in [5.74, 6) is 3.48. The van der Waals surface area contributed by atoms with Crippen LogP contribution in [0.5, 0.6) is 0 Å². The Kier molecular flexibility index (Phi) is 4.44. The second-order valence-corrected chi connectivity index (χ2v) is 4.38. The number of nitrogens with zero attached hydrogens (tertiary/aromatic N) is 1. The van der Waals surface area contributed by atoms with Gasteiger partial charge in [-0.1, -0.05) is 26.2 Å². The first-order valence-corrected chi connectivity index (χ1v) is 5.59. The lowest BCUT2D eigenvalue weighted by Crippen LogP contribution is -2.57. The summed E-state index contributed by atoms with van der Waals surface area (Å²) in [6.45, 7) is 9.74. The third kappa shape index (κ3) is 2.73. The second kappa shape index (κ2) is 5.38. The van der Waals surface area contributed by atoms with Gasteiger partial charge < -0.3 is 5.32 Å². The molecule has 1 fully saturated rings. The fraction of sp³-hybridized carbons (Fsp3) is 0.833. The molecule has 0 saturated carbocycles. The van der Waals surface area contributed by atoms with Crippen LogP contribution < -0.4 is 5.32 Å². The van der Waals surface area contributed by atoms with Crippen molar-refractivity contribution in [2.24, 2.45) is 5.92 Å². The molecule has 0 aliphatic carbocycles. The Hall–Kier alpha value is -0.520. The standard InChI is InChI=1S/C12H22N2/c1-5-7-14-9-12(10(3)6-2)13-8-11(14)4/h1,10-13H,6-9H2,2-4H3. The van der Waals surface area contributed by atoms with Gasteiger partial charge in [0, 0.05) is 25.2 Å². The van der Waals surface area contributed by atoms with Gasteiger partial charge in [0.05, 0.1) is 6.54 Å². The van der Waals surface area contributed by atoms with E-state index in [4.69, 9.17) is 6.42 Å². The molecule has 1 aliphatic rings. The minimum atomic E-state index is 0.575. The lowest BCUT2D eigenvalue weighted by atomic mass is 9.96. The summed E-state index contributed by atoms with van der Waals surface area (Å²) < 4.78 is 0. The molecule has 0 aromatic heterocycles. The van der Waals surface area contributed by atoms with Gasteiger partial charge >= 0.3 is 0 Å². The first-order valence-electron chi connectivity index (χ1n) is 5.59. The van der Waals surface area contributed by atoms with Gasteiger partial charge in [-0.05, 0) is 12.8 Å². The molecule has 1 rings (SSSR count). The molecular weight excluding hydrogens is 172 g/mol. The van der Waals surface area contributed by atoms with Gasteiger partial charge in [0.25, 0.3) is 0 Å². The summed E-state index contributed by atoms with van der Waals surface area (Å²) in [6.07, 6.45) is 6.60. The molecular formula is C12H22N2. The zero-order chi connectivity index (χ0) is 10.6. The SMILES string of the molecule is C#CCN1CC(C(C)CC)NCC1C. The average Bonchev–Trinajstić information content (AvgIpc) is 2.20. The van der Waals surface area contributed by atoms with Crippen molar-refractivity contribution in [3.63, 3.8) is 0 Å². The Morgan fingerprint density at radius 3 is 2.93 bits per heavy atom. The molecule has 2 nitrogen and oxygen atoms in total. The number of rotatable bonds is 3. The van der Waals surface area contributed by atoms with E-state index in [0.717, 1.165) is 25.6 Å². The lowest BCUT2D eigenvalue weighted by Gasteiger charge is -2.40. The third-order valence-electron chi connectivity index (χ3n) is 3.36. The molecule has 1 aliphatic heterocycles. The van der Waals surface area contributed by atoms with E-state index in [9.17, 15) is 0 Å². The van der Waals surface area contributed by atoms with E-state index < -0.39 is 0 Å². The summed E-state index contributed by atoms with van der Waals surface area (Å²) in [7, 11) is 0. The molecule has 0 aromatic carbocycles. The van der Waals surface area contributed by atoms with Crippen molar-refractivity contribution >= 4 is 0 Å². The fourth-order valence-corrected chi connectivity index (χ4v) is 1.95. The van der Waals surface area contributed by atoms with Crippen LogP contribution in [0.3, 0.4) is 0 Å². The van der Waals surface area contributed by atoms with E-state index in [1.54, 1.807) is 0 Å². The Morgan fingerprint density at radius 2 is 2.36 bits per heavy atom. The molecule has 0 amide bonds. The van der Waals surface area contributed by atoms with Crippen LogP contribution in [-0.2, 0) is 0 Å². The van der Waals surface area contributed by atoms with Crippen molar-refractivity contribution in [3.05, 3.63) is 0 Å². The van der Waals surface area contributed by atoms with Gasteiger partial charge in [-0.25, -0.2) is 0 Å². The van der Waals surface area contributed by atoms with Crippen LogP contribution in [0.4, 0.5) is 0 Å². The largest absolute Gasteiger partial charge is 0.311 e. The zero-order valence-corrected chi connectivity index (χ0v) is 9.59. The summed E-state index contributed by atoms with van der Waals surface area (Å²) in [4.78, 5) is 2.40. The van der Waals surface area contributed by atoms with Crippen molar-refractivity contribution < 1.29 is 0 Å². The molecule has 0 radical (unpaired) electrons. The molecule has 0 bridgehead atoms. The first-order chi connectivity index (χ1) is 6.69.